The van der Waals surface area contributed by atoms with Crippen molar-refractivity contribution >= 4 is 12.2 Å². The zero-order chi connectivity index (χ0) is 12.0. The lowest BCUT2D eigenvalue weighted by Crippen LogP contribution is -2.27. The molecule has 1 nitrogen and oxygen atoms in total. The van der Waals surface area contributed by atoms with Crippen molar-refractivity contribution in [3.63, 3.8) is 0 Å². The standard InChI is InChI=1S/C14H21BO/c1-13(2)9-15(10-14(13,3)4)11-5-7-12(16)8-6-11/h5-8,16H,9-10H2,1-4H3. The van der Waals surface area contributed by atoms with Crippen LogP contribution in [0.1, 0.15) is 27.7 Å². The van der Waals surface area contributed by atoms with Crippen molar-refractivity contribution in [3.05, 3.63) is 24.3 Å². The minimum atomic E-state index is 0.361. The van der Waals surface area contributed by atoms with Gasteiger partial charge in [-0.05, 0) is 23.0 Å². The summed E-state index contributed by atoms with van der Waals surface area (Å²) >= 11 is 0. The molecule has 2 heteroatoms. The summed E-state index contributed by atoms with van der Waals surface area (Å²) in [5.41, 5.74) is 2.17. The Balaban J connectivity index is 2.23. The molecule has 1 aromatic carbocycles. The molecule has 1 N–H and O–H groups in total. The van der Waals surface area contributed by atoms with E-state index in [2.05, 4.69) is 39.8 Å². The second kappa shape index (κ2) is 3.54. The van der Waals surface area contributed by atoms with Crippen LogP contribution in [0.15, 0.2) is 24.3 Å². The highest BCUT2D eigenvalue weighted by Crippen LogP contribution is 2.52. The average Bonchev–Trinajstić information content (AvgIpc) is 2.37. The Labute approximate surface area is 99.0 Å². The molecule has 0 atom stereocenters. The highest BCUT2D eigenvalue weighted by atomic mass is 16.3. The van der Waals surface area contributed by atoms with Crippen molar-refractivity contribution in [2.45, 2.75) is 40.3 Å². The summed E-state index contributed by atoms with van der Waals surface area (Å²) in [5.74, 6) is 0.361. The van der Waals surface area contributed by atoms with Gasteiger partial charge in [-0.25, -0.2) is 0 Å². The monoisotopic (exact) mass is 216 g/mol. The van der Waals surface area contributed by atoms with Gasteiger partial charge in [-0.15, -0.1) is 0 Å². The van der Waals surface area contributed by atoms with E-state index in [1.807, 2.05) is 0 Å². The number of phenolic OH excluding ortho intramolecular Hbond substituents is 1. The van der Waals surface area contributed by atoms with E-state index in [4.69, 9.17) is 0 Å². The third-order valence-electron chi connectivity index (χ3n) is 4.71. The van der Waals surface area contributed by atoms with Crippen molar-refractivity contribution in [2.75, 3.05) is 0 Å². The first-order valence-electron chi connectivity index (χ1n) is 6.11. The van der Waals surface area contributed by atoms with Gasteiger partial charge in [0.15, 0.2) is 6.71 Å². The first kappa shape index (κ1) is 11.6. The quantitative estimate of drug-likeness (QED) is 0.715. The Morgan fingerprint density at radius 3 is 1.81 bits per heavy atom. The second-order valence-electron chi connectivity index (χ2n) is 6.46. The van der Waals surface area contributed by atoms with Crippen molar-refractivity contribution in [2.24, 2.45) is 10.8 Å². The summed E-state index contributed by atoms with van der Waals surface area (Å²) in [6.45, 7) is 10.1. The third-order valence-corrected chi connectivity index (χ3v) is 4.71. The number of hydrogen-bond acceptors (Lipinski definition) is 1. The summed E-state index contributed by atoms with van der Waals surface area (Å²) in [6, 6.07) is 7.73. The van der Waals surface area contributed by atoms with Crippen LogP contribution in [0.25, 0.3) is 0 Å². The Morgan fingerprint density at radius 2 is 1.38 bits per heavy atom. The van der Waals surface area contributed by atoms with Crippen molar-refractivity contribution in [1.82, 2.24) is 0 Å². The van der Waals surface area contributed by atoms with E-state index >= 15 is 0 Å². The van der Waals surface area contributed by atoms with Gasteiger partial charge < -0.3 is 5.11 Å². The minimum Gasteiger partial charge on any atom is -0.508 e. The summed E-state index contributed by atoms with van der Waals surface area (Å²) in [6.07, 6.45) is 2.48. The van der Waals surface area contributed by atoms with Crippen LogP contribution in [-0.4, -0.2) is 11.8 Å². The summed E-state index contributed by atoms with van der Waals surface area (Å²) in [7, 11) is 0. The van der Waals surface area contributed by atoms with Crippen LogP contribution in [0.4, 0.5) is 0 Å². The van der Waals surface area contributed by atoms with Gasteiger partial charge in [0.2, 0.25) is 0 Å². The van der Waals surface area contributed by atoms with Crippen LogP contribution in [0.5, 0.6) is 5.75 Å². The van der Waals surface area contributed by atoms with Gasteiger partial charge in [0.05, 0.1) is 0 Å². The lowest BCUT2D eigenvalue weighted by molar-refractivity contribution is 0.177. The maximum atomic E-state index is 9.30. The highest BCUT2D eigenvalue weighted by molar-refractivity contribution is 6.74. The van der Waals surface area contributed by atoms with Gasteiger partial charge in [-0.3, -0.25) is 0 Å². The number of phenols is 1. The maximum Gasteiger partial charge on any atom is 0.176 e. The third kappa shape index (κ3) is 1.86. The van der Waals surface area contributed by atoms with E-state index in [0.717, 1.165) is 0 Å². The molecule has 0 bridgehead atoms. The molecule has 0 radical (unpaired) electrons. The van der Waals surface area contributed by atoms with Gasteiger partial charge >= 0.3 is 0 Å². The normalized spacial score (nSPS) is 22.4. The van der Waals surface area contributed by atoms with Crippen molar-refractivity contribution in [1.29, 1.82) is 0 Å². The summed E-state index contributed by atoms with van der Waals surface area (Å²) in [5, 5.41) is 9.30. The fourth-order valence-electron chi connectivity index (χ4n) is 2.84. The number of hydrogen-bond donors (Lipinski definition) is 1. The SMILES string of the molecule is CC1(C)CB(c2ccc(O)cc2)CC1(C)C. The topological polar surface area (TPSA) is 20.2 Å². The summed E-state index contributed by atoms with van der Waals surface area (Å²) < 4.78 is 0. The molecule has 1 fully saturated rings. The molecule has 0 aromatic heterocycles. The lowest BCUT2D eigenvalue weighted by atomic mass is 9.42. The molecule has 1 heterocycles. The fourth-order valence-corrected chi connectivity index (χ4v) is 2.84. The largest absolute Gasteiger partial charge is 0.508 e. The fraction of sp³-hybridized carbons (Fsp3) is 0.571. The van der Waals surface area contributed by atoms with Crippen LogP contribution >= 0.6 is 0 Å². The van der Waals surface area contributed by atoms with Crippen LogP contribution < -0.4 is 5.46 Å². The summed E-state index contributed by atoms with van der Waals surface area (Å²) in [4.78, 5) is 0. The maximum absolute atomic E-state index is 9.30. The van der Waals surface area contributed by atoms with Crippen LogP contribution in [-0.2, 0) is 0 Å². The first-order valence-corrected chi connectivity index (χ1v) is 6.11. The molecule has 1 aliphatic heterocycles. The molecule has 2 rings (SSSR count). The van der Waals surface area contributed by atoms with E-state index in [9.17, 15) is 5.11 Å². The van der Waals surface area contributed by atoms with Crippen LogP contribution in [0.3, 0.4) is 0 Å². The van der Waals surface area contributed by atoms with Crippen molar-refractivity contribution < 1.29 is 5.11 Å². The Kier molecular flexibility index (Phi) is 2.56. The molecule has 0 unspecified atom stereocenters. The first-order chi connectivity index (χ1) is 7.32. The van der Waals surface area contributed by atoms with E-state index < -0.39 is 0 Å². The zero-order valence-corrected chi connectivity index (χ0v) is 10.7. The molecule has 0 spiro atoms. The van der Waals surface area contributed by atoms with Crippen LogP contribution in [0.2, 0.25) is 12.6 Å². The molecule has 0 aliphatic carbocycles. The second-order valence-corrected chi connectivity index (χ2v) is 6.46. The Morgan fingerprint density at radius 1 is 0.938 bits per heavy atom. The molecule has 1 aromatic rings. The van der Waals surface area contributed by atoms with Gasteiger partial charge in [-0.1, -0.05) is 57.9 Å². The molecule has 1 aliphatic rings. The minimum absolute atomic E-state index is 0.361. The molecule has 0 amide bonds. The van der Waals surface area contributed by atoms with Gasteiger partial charge in [-0.2, -0.15) is 0 Å². The highest BCUT2D eigenvalue weighted by Gasteiger charge is 2.47. The van der Waals surface area contributed by atoms with E-state index in [1.165, 1.54) is 18.1 Å². The number of benzene rings is 1. The lowest BCUT2D eigenvalue weighted by Gasteiger charge is -2.35. The van der Waals surface area contributed by atoms with Crippen LogP contribution in [0, 0.1) is 10.8 Å². The smallest absolute Gasteiger partial charge is 0.176 e. The number of aromatic hydroxyl groups is 1. The predicted molar refractivity (Wildman–Crippen MR) is 70.7 cm³/mol. The van der Waals surface area contributed by atoms with Gasteiger partial charge in [0, 0.05) is 0 Å². The zero-order valence-electron chi connectivity index (χ0n) is 10.7. The molecule has 0 saturated carbocycles. The Bertz CT molecular complexity index is 362. The predicted octanol–water partition coefficient (Wildman–Crippen LogP) is 3.16. The molecule has 16 heavy (non-hydrogen) atoms. The van der Waals surface area contributed by atoms with Crippen molar-refractivity contribution in [3.8, 4) is 5.75 Å². The molecule has 86 valence electrons. The number of rotatable bonds is 1. The Hall–Kier alpha value is -0.915. The van der Waals surface area contributed by atoms with Gasteiger partial charge in [0.1, 0.15) is 5.75 Å². The average molecular weight is 216 g/mol. The molecular formula is C14H21BO. The molecular weight excluding hydrogens is 195 g/mol. The van der Waals surface area contributed by atoms with E-state index in [0.29, 0.717) is 23.3 Å². The van der Waals surface area contributed by atoms with E-state index in [1.54, 1.807) is 12.1 Å². The van der Waals surface area contributed by atoms with Gasteiger partial charge in [0.25, 0.3) is 0 Å². The van der Waals surface area contributed by atoms with E-state index in [-0.39, 0.29) is 0 Å². The molecule has 1 saturated heterocycles.